The zero-order valence-electron chi connectivity index (χ0n) is 10.9. The van der Waals surface area contributed by atoms with E-state index in [1.807, 2.05) is 13.8 Å². The molecule has 0 fully saturated rings. The zero-order valence-corrected chi connectivity index (χ0v) is 12.5. The molecule has 6 heteroatoms. The Balaban J connectivity index is 2.56. The molecule has 1 rings (SSSR count). The van der Waals surface area contributed by atoms with Gasteiger partial charge in [0.1, 0.15) is 0 Å². The molecule has 0 aliphatic rings. The summed E-state index contributed by atoms with van der Waals surface area (Å²) in [5.74, 6) is -0.902. The summed E-state index contributed by atoms with van der Waals surface area (Å²) in [5, 5.41) is 2.71. The largest absolute Gasteiger partial charge is 0.452 e. The summed E-state index contributed by atoms with van der Waals surface area (Å²) in [7, 11) is 0. The van der Waals surface area contributed by atoms with Gasteiger partial charge in [-0.3, -0.25) is 4.79 Å². The molecule has 104 valence electrons. The normalized spacial score (nSPS) is 11.7. The lowest BCUT2D eigenvalue weighted by Crippen LogP contribution is -2.35. The number of hydrogen-bond donors (Lipinski definition) is 2. The van der Waals surface area contributed by atoms with Crippen LogP contribution in [0.2, 0.25) is 0 Å². The number of nitrogens with one attached hydrogen (secondary N) is 1. The van der Waals surface area contributed by atoms with Gasteiger partial charge in [0, 0.05) is 11.7 Å². The van der Waals surface area contributed by atoms with E-state index in [4.69, 9.17) is 10.5 Å². The highest BCUT2D eigenvalue weighted by Crippen LogP contribution is 2.24. The van der Waals surface area contributed by atoms with Gasteiger partial charge in [-0.05, 0) is 41.4 Å². The minimum Gasteiger partial charge on any atom is -0.452 e. The topological polar surface area (TPSA) is 81.4 Å². The minimum atomic E-state index is -0.585. The van der Waals surface area contributed by atoms with Gasteiger partial charge >= 0.3 is 5.97 Å². The van der Waals surface area contributed by atoms with Crippen molar-refractivity contribution in [3.8, 4) is 0 Å². The van der Waals surface area contributed by atoms with Crippen molar-refractivity contribution in [2.75, 3.05) is 12.3 Å². The van der Waals surface area contributed by atoms with E-state index in [0.29, 0.717) is 15.7 Å². The van der Waals surface area contributed by atoms with Gasteiger partial charge in [0.05, 0.1) is 10.0 Å². The molecule has 0 spiro atoms. The third-order valence-corrected chi connectivity index (χ3v) is 3.49. The number of carbonyl (C=O) groups is 2. The summed E-state index contributed by atoms with van der Waals surface area (Å²) < 4.78 is 5.41. The highest BCUT2D eigenvalue weighted by atomic mass is 79.9. The summed E-state index contributed by atoms with van der Waals surface area (Å²) in [6.45, 7) is 3.54. The van der Waals surface area contributed by atoms with Crippen LogP contribution in [0.4, 0.5) is 5.69 Å². The molecular weight excluding hydrogens is 312 g/mol. The maximum atomic E-state index is 11.8. The molecule has 1 atom stereocenters. The first kappa shape index (κ1) is 15.5. The van der Waals surface area contributed by atoms with E-state index >= 15 is 0 Å². The molecule has 1 aromatic carbocycles. The summed E-state index contributed by atoms with van der Waals surface area (Å²) in [5.41, 5.74) is 6.41. The van der Waals surface area contributed by atoms with Crippen molar-refractivity contribution in [3.63, 3.8) is 0 Å². The van der Waals surface area contributed by atoms with Crippen LogP contribution in [0.5, 0.6) is 0 Å². The van der Waals surface area contributed by atoms with Crippen LogP contribution in [0, 0.1) is 0 Å². The second kappa shape index (κ2) is 7.13. The van der Waals surface area contributed by atoms with Crippen molar-refractivity contribution < 1.29 is 14.3 Å². The van der Waals surface area contributed by atoms with E-state index in [2.05, 4.69) is 21.2 Å². The third kappa shape index (κ3) is 4.55. The van der Waals surface area contributed by atoms with E-state index in [9.17, 15) is 9.59 Å². The lowest BCUT2D eigenvalue weighted by Gasteiger charge is -2.12. The lowest BCUT2D eigenvalue weighted by atomic mass is 10.2. The monoisotopic (exact) mass is 328 g/mol. The smallest absolute Gasteiger partial charge is 0.339 e. The van der Waals surface area contributed by atoms with Crippen LogP contribution in [-0.4, -0.2) is 24.5 Å². The molecule has 1 unspecified atom stereocenters. The average Bonchev–Trinajstić information content (AvgIpc) is 2.39. The number of nitrogen functional groups attached to an aromatic ring is 1. The summed E-state index contributed by atoms with van der Waals surface area (Å²) in [6.07, 6.45) is 0.820. The fraction of sp³-hybridized carbons (Fsp3) is 0.385. The fourth-order valence-electron chi connectivity index (χ4n) is 1.33. The van der Waals surface area contributed by atoms with Gasteiger partial charge < -0.3 is 15.8 Å². The van der Waals surface area contributed by atoms with Crippen LogP contribution in [0.25, 0.3) is 0 Å². The SMILES string of the molecule is CCC(C)NC(=O)COC(=O)c1cccc(N)c1Br. The molecule has 1 amide bonds. The average molecular weight is 329 g/mol. The number of esters is 1. The fourth-order valence-corrected chi connectivity index (χ4v) is 1.76. The number of halogens is 1. The standard InChI is InChI=1S/C13H17BrN2O3/c1-3-8(2)16-11(17)7-19-13(18)9-5-4-6-10(15)12(9)14/h4-6,8H,3,7,15H2,1-2H3,(H,16,17). The summed E-state index contributed by atoms with van der Waals surface area (Å²) in [6, 6.07) is 4.95. The number of benzene rings is 1. The van der Waals surface area contributed by atoms with Crippen molar-refractivity contribution in [1.29, 1.82) is 0 Å². The predicted octanol–water partition coefficient (Wildman–Crippen LogP) is 2.10. The van der Waals surface area contributed by atoms with Crippen LogP contribution < -0.4 is 11.1 Å². The first-order valence-electron chi connectivity index (χ1n) is 5.96. The van der Waals surface area contributed by atoms with Gasteiger partial charge in [0.25, 0.3) is 5.91 Å². The van der Waals surface area contributed by atoms with Crippen molar-refractivity contribution in [3.05, 3.63) is 28.2 Å². The Hall–Kier alpha value is -1.56. The molecule has 0 saturated carbocycles. The van der Waals surface area contributed by atoms with Gasteiger partial charge in [0.15, 0.2) is 6.61 Å². The van der Waals surface area contributed by atoms with E-state index < -0.39 is 5.97 Å². The van der Waals surface area contributed by atoms with Crippen LogP contribution >= 0.6 is 15.9 Å². The minimum absolute atomic E-state index is 0.0605. The van der Waals surface area contributed by atoms with Gasteiger partial charge in [-0.1, -0.05) is 13.0 Å². The molecule has 3 N–H and O–H groups in total. The second-order valence-electron chi connectivity index (χ2n) is 4.16. The molecule has 1 aromatic rings. The number of anilines is 1. The number of rotatable bonds is 5. The van der Waals surface area contributed by atoms with E-state index in [-0.39, 0.29) is 18.6 Å². The van der Waals surface area contributed by atoms with Gasteiger partial charge in [-0.25, -0.2) is 4.79 Å². The lowest BCUT2D eigenvalue weighted by molar-refractivity contribution is -0.124. The molecule has 0 bridgehead atoms. The highest BCUT2D eigenvalue weighted by molar-refractivity contribution is 9.10. The Bertz CT molecular complexity index is 477. The van der Waals surface area contributed by atoms with Crippen molar-refractivity contribution in [2.45, 2.75) is 26.3 Å². The molecule has 0 saturated heterocycles. The molecule has 0 heterocycles. The van der Waals surface area contributed by atoms with Gasteiger partial charge in [-0.15, -0.1) is 0 Å². The van der Waals surface area contributed by atoms with Crippen LogP contribution in [0.15, 0.2) is 22.7 Å². The number of hydrogen-bond acceptors (Lipinski definition) is 4. The Morgan fingerprint density at radius 1 is 1.47 bits per heavy atom. The van der Waals surface area contributed by atoms with E-state index in [1.54, 1.807) is 18.2 Å². The van der Waals surface area contributed by atoms with Crippen molar-refractivity contribution in [1.82, 2.24) is 5.32 Å². The maximum Gasteiger partial charge on any atom is 0.339 e. The Morgan fingerprint density at radius 2 is 2.16 bits per heavy atom. The number of ether oxygens (including phenoxy) is 1. The molecular formula is C13H17BrN2O3. The highest BCUT2D eigenvalue weighted by Gasteiger charge is 2.15. The first-order chi connectivity index (χ1) is 8.95. The molecule has 19 heavy (non-hydrogen) atoms. The first-order valence-corrected chi connectivity index (χ1v) is 6.75. The number of carbonyl (C=O) groups excluding carboxylic acids is 2. The van der Waals surface area contributed by atoms with Gasteiger partial charge in [-0.2, -0.15) is 0 Å². The molecule has 5 nitrogen and oxygen atoms in total. The van der Waals surface area contributed by atoms with Gasteiger partial charge in [0.2, 0.25) is 0 Å². The van der Waals surface area contributed by atoms with Crippen LogP contribution in [0.3, 0.4) is 0 Å². The number of nitrogens with two attached hydrogens (primary N) is 1. The second-order valence-corrected chi connectivity index (χ2v) is 4.95. The van der Waals surface area contributed by atoms with E-state index in [1.165, 1.54) is 0 Å². The number of amides is 1. The van der Waals surface area contributed by atoms with E-state index in [0.717, 1.165) is 6.42 Å². The van der Waals surface area contributed by atoms with Crippen molar-refractivity contribution >= 4 is 33.5 Å². The Labute approximate surface area is 120 Å². The van der Waals surface area contributed by atoms with Crippen LogP contribution in [0.1, 0.15) is 30.6 Å². The zero-order chi connectivity index (χ0) is 14.4. The van der Waals surface area contributed by atoms with Crippen LogP contribution in [-0.2, 0) is 9.53 Å². The molecule has 0 radical (unpaired) electrons. The van der Waals surface area contributed by atoms with Crippen molar-refractivity contribution in [2.24, 2.45) is 0 Å². The predicted molar refractivity (Wildman–Crippen MR) is 76.7 cm³/mol. The maximum absolute atomic E-state index is 11.8. The summed E-state index contributed by atoms with van der Waals surface area (Å²) >= 11 is 3.21. The Kier molecular flexibility index (Phi) is 5.82. The molecule has 0 aromatic heterocycles. The summed E-state index contributed by atoms with van der Waals surface area (Å²) in [4.78, 5) is 23.3. The molecule has 0 aliphatic carbocycles. The Morgan fingerprint density at radius 3 is 2.79 bits per heavy atom. The molecule has 0 aliphatic heterocycles. The third-order valence-electron chi connectivity index (χ3n) is 2.60. The quantitative estimate of drug-likeness (QED) is 0.640.